The minimum absolute atomic E-state index is 0.574. The first-order valence-electron chi connectivity index (χ1n) is 16.9. The van der Waals surface area contributed by atoms with Gasteiger partial charge in [0.15, 0.2) is 17.5 Å². The third-order valence-electron chi connectivity index (χ3n) is 10.0. The molecule has 2 heterocycles. The van der Waals surface area contributed by atoms with Gasteiger partial charge in [0.05, 0.1) is 5.41 Å². The van der Waals surface area contributed by atoms with Crippen LogP contribution in [0, 0.1) is 0 Å². The molecule has 0 bridgehead atoms. The van der Waals surface area contributed by atoms with Gasteiger partial charge in [-0.05, 0) is 57.6 Å². The molecule has 4 nitrogen and oxygen atoms in total. The number of ether oxygens (including phenoxy) is 1. The lowest BCUT2D eigenvalue weighted by atomic mass is 9.66. The van der Waals surface area contributed by atoms with Crippen LogP contribution in [0.3, 0.4) is 0 Å². The Bertz CT molecular complexity index is 2530. The van der Waals surface area contributed by atoms with Gasteiger partial charge in [0.1, 0.15) is 11.5 Å². The molecular formula is C46H29N3O. The zero-order valence-electron chi connectivity index (χ0n) is 27.0. The van der Waals surface area contributed by atoms with Crippen molar-refractivity contribution in [2.45, 2.75) is 5.41 Å². The predicted octanol–water partition coefficient (Wildman–Crippen LogP) is 11.0. The quantitative estimate of drug-likeness (QED) is 0.192. The number of nitrogens with zero attached hydrogens (tertiary/aromatic N) is 3. The molecule has 8 aromatic rings. The fraction of sp³-hybridized carbons (Fsp3) is 0.0217. The van der Waals surface area contributed by atoms with Crippen LogP contribution in [0.2, 0.25) is 0 Å². The molecule has 0 radical (unpaired) electrons. The van der Waals surface area contributed by atoms with Crippen LogP contribution in [0.25, 0.3) is 56.4 Å². The van der Waals surface area contributed by atoms with Gasteiger partial charge in [0.2, 0.25) is 0 Å². The van der Waals surface area contributed by atoms with E-state index in [0.717, 1.165) is 50.4 Å². The highest BCUT2D eigenvalue weighted by Crippen LogP contribution is 2.62. The van der Waals surface area contributed by atoms with Crippen LogP contribution in [0.4, 0.5) is 0 Å². The monoisotopic (exact) mass is 639 g/mol. The fourth-order valence-corrected chi connectivity index (χ4v) is 7.81. The Morgan fingerprint density at radius 2 is 0.800 bits per heavy atom. The second-order valence-corrected chi connectivity index (χ2v) is 12.8. The van der Waals surface area contributed by atoms with E-state index in [1.165, 1.54) is 22.3 Å². The van der Waals surface area contributed by atoms with E-state index in [9.17, 15) is 0 Å². The normalized spacial score (nSPS) is 13.1. The van der Waals surface area contributed by atoms with Crippen molar-refractivity contribution in [3.63, 3.8) is 0 Å². The third-order valence-corrected chi connectivity index (χ3v) is 10.0. The lowest BCUT2D eigenvalue weighted by Gasteiger charge is -2.39. The van der Waals surface area contributed by atoms with Crippen molar-refractivity contribution in [2.24, 2.45) is 0 Å². The van der Waals surface area contributed by atoms with Gasteiger partial charge in [0.25, 0.3) is 0 Å². The van der Waals surface area contributed by atoms with Gasteiger partial charge < -0.3 is 4.74 Å². The van der Waals surface area contributed by atoms with Crippen molar-refractivity contribution < 1.29 is 4.74 Å². The molecule has 4 heteroatoms. The van der Waals surface area contributed by atoms with Gasteiger partial charge in [-0.25, -0.2) is 15.0 Å². The molecule has 0 atom stereocenters. The Morgan fingerprint density at radius 1 is 0.320 bits per heavy atom. The molecule has 0 fully saturated rings. The second kappa shape index (κ2) is 11.2. The van der Waals surface area contributed by atoms with Gasteiger partial charge in [-0.2, -0.15) is 0 Å². The van der Waals surface area contributed by atoms with Gasteiger partial charge in [-0.1, -0.05) is 152 Å². The summed E-state index contributed by atoms with van der Waals surface area (Å²) < 4.78 is 6.55. The topological polar surface area (TPSA) is 47.9 Å². The number of benzene rings is 7. The molecule has 0 amide bonds. The van der Waals surface area contributed by atoms with E-state index in [0.29, 0.717) is 17.5 Å². The Morgan fingerprint density at radius 3 is 1.48 bits per heavy atom. The number of para-hydroxylation sites is 2. The van der Waals surface area contributed by atoms with Crippen LogP contribution >= 0.6 is 0 Å². The van der Waals surface area contributed by atoms with Gasteiger partial charge in [0, 0.05) is 27.8 Å². The molecule has 1 spiro atoms. The lowest BCUT2D eigenvalue weighted by molar-refractivity contribution is 0.436. The maximum atomic E-state index is 6.55. The summed E-state index contributed by atoms with van der Waals surface area (Å²) in [6.45, 7) is 0. The highest BCUT2D eigenvalue weighted by molar-refractivity contribution is 5.90. The molecule has 7 aromatic carbocycles. The molecule has 0 saturated heterocycles. The van der Waals surface area contributed by atoms with Crippen LogP contribution in [0.1, 0.15) is 22.3 Å². The van der Waals surface area contributed by atoms with Crippen molar-refractivity contribution in [2.75, 3.05) is 0 Å². The summed E-state index contributed by atoms with van der Waals surface area (Å²) in [7, 11) is 0. The summed E-state index contributed by atoms with van der Waals surface area (Å²) in [5, 5.41) is 0. The smallest absolute Gasteiger partial charge is 0.164 e. The molecule has 234 valence electrons. The molecule has 1 aliphatic heterocycles. The molecule has 0 unspecified atom stereocenters. The molecule has 2 aliphatic rings. The maximum Gasteiger partial charge on any atom is 0.164 e. The van der Waals surface area contributed by atoms with Gasteiger partial charge >= 0.3 is 0 Å². The highest BCUT2D eigenvalue weighted by atomic mass is 16.5. The standard InChI is InChI=1S/C46H29N3O/c1-3-14-30(15-4-1)32-18-13-19-33(28-32)44-47-43(31-16-5-2-6-17-31)48-45(49-44)34-26-27-36-35-20-7-8-21-37(35)46(40(36)29-34)38-22-9-11-24-41(38)50-42-25-12-10-23-39(42)46/h1-29H. The zero-order valence-corrected chi connectivity index (χ0v) is 27.0. The summed E-state index contributed by atoms with van der Waals surface area (Å²) in [6.07, 6.45) is 0. The first-order valence-corrected chi connectivity index (χ1v) is 16.9. The Kier molecular flexibility index (Phi) is 6.36. The van der Waals surface area contributed by atoms with Crippen molar-refractivity contribution >= 4 is 0 Å². The average molecular weight is 640 g/mol. The molecule has 50 heavy (non-hydrogen) atoms. The SMILES string of the molecule is c1ccc(-c2cccc(-c3nc(-c4ccccc4)nc(-c4ccc5c(c4)C4(c6ccccc6Oc6ccccc64)c4ccccc4-5)n3)c2)cc1. The second-order valence-electron chi connectivity index (χ2n) is 12.8. The number of rotatable bonds is 4. The molecule has 0 saturated carbocycles. The van der Waals surface area contributed by atoms with Crippen LogP contribution < -0.4 is 4.74 Å². The number of aromatic nitrogens is 3. The van der Waals surface area contributed by atoms with Crippen molar-refractivity contribution in [3.8, 4) is 67.9 Å². The minimum atomic E-state index is -0.574. The third kappa shape index (κ3) is 4.28. The van der Waals surface area contributed by atoms with Crippen LogP contribution in [0.5, 0.6) is 11.5 Å². The summed E-state index contributed by atoms with van der Waals surface area (Å²) in [5.74, 6) is 3.63. The van der Waals surface area contributed by atoms with E-state index in [2.05, 4.69) is 127 Å². The van der Waals surface area contributed by atoms with E-state index in [1.807, 2.05) is 48.5 Å². The zero-order chi connectivity index (χ0) is 33.1. The van der Waals surface area contributed by atoms with Gasteiger partial charge in [-0.3, -0.25) is 0 Å². The van der Waals surface area contributed by atoms with Crippen LogP contribution in [0.15, 0.2) is 176 Å². The minimum Gasteiger partial charge on any atom is -0.457 e. The van der Waals surface area contributed by atoms with Crippen molar-refractivity contribution in [1.29, 1.82) is 0 Å². The average Bonchev–Trinajstić information content (AvgIpc) is 3.48. The van der Waals surface area contributed by atoms with E-state index in [1.54, 1.807) is 0 Å². The molecular weight excluding hydrogens is 611 g/mol. The van der Waals surface area contributed by atoms with E-state index in [4.69, 9.17) is 19.7 Å². The summed E-state index contributed by atoms with van der Waals surface area (Å²) in [4.78, 5) is 15.4. The summed E-state index contributed by atoms with van der Waals surface area (Å²) in [5.41, 5.74) is 11.6. The van der Waals surface area contributed by atoms with Crippen LogP contribution in [-0.2, 0) is 5.41 Å². The largest absolute Gasteiger partial charge is 0.457 e. The van der Waals surface area contributed by atoms with Crippen LogP contribution in [-0.4, -0.2) is 15.0 Å². The number of hydrogen-bond acceptors (Lipinski definition) is 4. The molecule has 1 aromatic heterocycles. The van der Waals surface area contributed by atoms with E-state index >= 15 is 0 Å². The predicted molar refractivity (Wildman–Crippen MR) is 199 cm³/mol. The Hall–Kier alpha value is -6.65. The molecule has 1 aliphatic carbocycles. The lowest BCUT2D eigenvalue weighted by Crippen LogP contribution is -2.32. The first-order chi connectivity index (χ1) is 24.8. The summed E-state index contributed by atoms with van der Waals surface area (Å²) in [6, 6.07) is 61.3. The Labute approximate surface area is 290 Å². The fourth-order valence-electron chi connectivity index (χ4n) is 7.81. The number of hydrogen-bond donors (Lipinski definition) is 0. The first kappa shape index (κ1) is 28.4. The van der Waals surface area contributed by atoms with Crippen molar-refractivity contribution in [1.82, 2.24) is 15.0 Å². The van der Waals surface area contributed by atoms with E-state index < -0.39 is 5.41 Å². The summed E-state index contributed by atoms with van der Waals surface area (Å²) >= 11 is 0. The molecule has 10 rings (SSSR count). The number of fused-ring (bicyclic) bond motifs is 9. The molecule has 0 N–H and O–H groups in total. The van der Waals surface area contributed by atoms with Crippen molar-refractivity contribution in [3.05, 3.63) is 198 Å². The van der Waals surface area contributed by atoms with Gasteiger partial charge in [-0.15, -0.1) is 0 Å². The maximum absolute atomic E-state index is 6.55. The van der Waals surface area contributed by atoms with E-state index in [-0.39, 0.29) is 0 Å². The highest BCUT2D eigenvalue weighted by Gasteiger charge is 2.51. The Balaban J connectivity index is 1.21.